The van der Waals surface area contributed by atoms with Crippen molar-refractivity contribution >= 4 is 11.6 Å². The lowest BCUT2D eigenvalue weighted by Crippen LogP contribution is -2.43. The number of carbonyl (C=O) groups excluding carboxylic acids is 2. The van der Waals surface area contributed by atoms with E-state index in [-0.39, 0.29) is 35.5 Å². The molecule has 6 saturated carbocycles. The van der Waals surface area contributed by atoms with Gasteiger partial charge in [-0.2, -0.15) is 0 Å². The summed E-state index contributed by atoms with van der Waals surface area (Å²) in [4.78, 5) is 28.1. The van der Waals surface area contributed by atoms with Crippen LogP contribution in [0.1, 0.15) is 161 Å². The summed E-state index contributed by atoms with van der Waals surface area (Å²) in [5, 5.41) is 0. The number of hydrogen-bond acceptors (Lipinski definition) is 2. The summed E-state index contributed by atoms with van der Waals surface area (Å²) in [6.07, 6.45) is 29.0. The van der Waals surface area contributed by atoms with Gasteiger partial charge in [-0.3, -0.25) is 9.59 Å². The van der Waals surface area contributed by atoms with Gasteiger partial charge in [0.15, 0.2) is 0 Å². The quantitative estimate of drug-likeness (QED) is 0.298. The highest BCUT2D eigenvalue weighted by Gasteiger charge is 2.65. The van der Waals surface area contributed by atoms with Crippen LogP contribution in [-0.2, 0) is 9.59 Å². The minimum atomic E-state index is -1.19. The summed E-state index contributed by atoms with van der Waals surface area (Å²) in [7, 11) is 0. The molecule has 40 heavy (non-hydrogen) atoms. The van der Waals surface area contributed by atoms with Gasteiger partial charge in [-0.15, -0.1) is 0 Å². The van der Waals surface area contributed by atoms with Crippen LogP contribution in [0.25, 0.3) is 0 Å². The van der Waals surface area contributed by atoms with Crippen LogP contribution < -0.4 is 0 Å². The standard InChI is InChI=1S/C37H59FO2/c38-37-24-32-29(28-19-13-9-3-1-2-4-10-14-21-30(28)36(32)40)20-15-16-22-31-34(33(37)25-37)26-17-11-7-5-6-8-12-18-27(23-26)35(31)39/h26-34H,1-25H2. The van der Waals surface area contributed by atoms with Crippen molar-refractivity contribution in [1.82, 2.24) is 0 Å². The molecule has 10 unspecified atom stereocenters. The van der Waals surface area contributed by atoms with E-state index < -0.39 is 5.67 Å². The first-order valence-corrected chi connectivity index (χ1v) is 18.3. The Morgan fingerprint density at radius 1 is 0.500 bits per heavy atom. The van der Waals surface area contributed by atoms with E-state index in [0.29, 0.717) is 42.2 Å². The topological polar surface area (TPSA) is 34.1 Å². The molecule has 0 spiro atoms. The lowest BCUT2D eigenvalue weighted by Gasteiger charge is -2.42. The predicted molar refractivity (Wildman–Crippen MR) is 161 cm³/mol. The van der Waals surface area contributed by atoms with E-state index >= 15 is 4.39 Å². The molecule has 3 heteroatoms. The third-order valence-electron chi connectivity index (χ3n) is 13.2. The minimum absolute atomic E-state index is 0.0377. The number of alkyl halides is 1. The molecule has 0 aromatic heterocycles. The number of Topliss-reactive ketones (excluding diaryl/α,β-unsaturated/α-hetero) is 2. The molecule has 0 aromatic carbocycles. The average Bonchev–Trinajstić information content (AvgIpc) is 3.55. The Balaban J connectivity index is 1.23. The maximum Gasteiger partial charge on any atom is 0.139 e. The molecule has 0 aromatic rings. The van der Waals surface area contributed by atoms with Crippen LogP contribution in [0.2, 0.25) is 0 Å². The molecule has 2 bridgehead atoms. The first kappa shape index (κ1) is 29.3. The summed E-state index contributed by atoms with van der Waals surface area (Å²) >= 11 is 0. The molecule has 2 nitrogen and oxygen atoms in total. The third-order valence-corrected chi connectivity index (χ3v) is 13.2. The molecule has 0 amide bonds. The highest BCUT2D eigenvalue weighted by Crippen LogP contribution is 2.64. The number of fused-ring (bicyclic) bond motifs is 9. The van der Waals surface area contributed by atoms with Gasteiger partial charge in [0.25, 0.3) is 0 Å². The van der Waals surface area contributed by atoms with Gasteiger partial charge in [-0.1, -0.05) is 109 Å². The van der Waals surface area contributed by atoms with Crippen molar-refractivity contribution in [2.75, 3.05) is 0 Å². The van der Waals surface area contributed by atoms with Gasteiger partial charge in [-0.25, -0.2) is 4.39 Å². The van der Waals surface area contributed by atoms with Crippen molar-refractivity contribution in [1.29, 1.82) is 0 Å². The first-order valence-electron chi connectivity index (χ1n) is 18.3. The third kappa shape index (κ3) is 6.29. The van der Waals surface area contributed by atoms with E-state index in [1.165, 1.54) is 103 Å². The zero-order valence-electron chi connectivity index (χ0n) is 25.6. The summed E-state index contributed by atoms with van der Waals surface area (Å²) < 4.78 is 17.0. The maximum atomic E-state index is 17.0. The van der Waals surface area contributed by atoms with E-state index in [2.05, 4.69) is 0 Å². The van der Waals surface area contributed by atoms with Gasteiger partial charge < -0.3 is 0 Å². The van der Waals surface area contributed by atoms with Crippen molar-refractivity contribution in [3.8, 4) is 0 Å². The molecule has 6 rings (SSSR count). The lowest BCUT2D eigenvalue weighted by molar-refractivity contribution is -0.136. The molecular formula is C37H59FO2. The second kappa shape index (κ2) is 13.3. The molecule has 0 heterocycles. The maximum absolute atomic E-state index is 17.0. The van der Waals surface area contributed by atoms with Crippen molar-refractivity contribution in [3.63, 3.8) is 0 Å². The van der Waals surface area contributed by atoms with E-state index in [4.69, 9.17) is 0 Å². The highest BCUT2D eigenvalue weighted by atomic mass is 19.1. The number of hydrogen-bond donors (Lipinski definition) is 0. The SMILES string of the molecule is O=C1C2CCCCCCCCCCC2C2CCCCC3C(=O)C4CCCCCCCCC(C4)C3C3CC3(F)CC12. The summed E-state index contributed by atoms with van der Waals surface area (Å²) in [5.74, 6) is 3.15. The van der Waals surface area contributed by atoms with E-state index in [1.807, 2.05) is 0 Å². The molecular weight excluding hydrogens is 495 g/mol. The molecule has 226 valence electrons. The van der Waals surface area contributed by atoms with Crippen LogP contribution in [0, 0.1) is 53.3 Å². The smallest absolute Gasteiger partial charge is 0.139 e. The molecule has 6 aliphatic rings. The molecule has 6 fully saturated rings. The fraction of sp³-hybridized carbons (Fsp3) is 0.946. The van der Waals surface area contributed by atoms with E-state index in [1.54, 1.807) is 0 Å². The Bertz CT molecular complexity index is 868. The molecule has 0 saturated heterocycles. The Morgan fingerprint density at radius 2 is 1.00 bits per heavy atom. The van der Waals surface area contributed by atoms with Gasteiger partial charge in [0.2, 0.25) is 0 Å². The van der Waals surface area contributed by atoms with Gasteiger partial charge in [-0.05, 0) is 81.0 Å². The number of rotatable bonds is 0. The second-order valence-electron chi connectivity index (χ2n) is 15.7. The van der Waals surface area contributed by atoms with Crippen LogP contribution in [-0.4, -0.2) is 17.2 Å². The number of carbonyl (C=O) groups is 2. The van der Waals surface area contributed by atoms with E-state index in [0.717, 1.165) is 44.9 Å². The van der Waals surface area contributed by atoms with Gasteiger partial charge in [0, 0.05) is 23.7 Å². The van der Waals surface area contributed by atoms with Crippen molar-refractivity contribution in [2.45, 2.75) is 166 Å². The van der Waals surface area contributed by atoms with Crippen LogP contribution in [0.3, 0.4) is 0 Å². The molecule has 10 atom stereocenters. The zero-order chi connectivity index (χ0) is 27.5. The normalized spacial score (nSPS) is 46.1. The zero-order valence-corrected chi connectivity index (χ0v) is 25.6. The fourth-order valence-electron chi connectivity index (χ4n) is 11.1. The number of ketones is 2. The highest BCUT2D eigenvalue weighted by molar-refractivity contribution is 5.87. The van der Waals surface area contributed by atoms with Crippen LogP contribution in [0.4, 0.5) is 4.39 Å². The van der Waals surface area contributed by atoms with Crippen molar-refractivity contribution in [2.24, 2.45) is 53.3 Å². The minimum Gasteiger partial charge on any atom is -0.299 e. The predicted octanol–water partition coefficient (Wildman–Crippen LogP) is 10.2. The fourth-order valence-corrected chi connectivity index (χ4v) is 11.1. The lowest BCUT2D eigenvalue weighted by atomic mass is 9.61. The van der Waals surface area contributed by atoms with Gasteiger partial charge in [0.1, 0.15) is 17.2 Å². The molecule has 6 aliphatic carbocycles. The van der Waals surface area contributed by atoms with Gasteiger partial charge in [0.05, 0.1) is 0 Å². The van der Waals surface area contributed by atoms with Crippen molar-refractivity contribution in [3.05, 3.63) is 0 Å². The largest absolute Gasteiger partial charge is 0.299 e. The monoisotopic (exact) mass is 554 g/mol. The van der Waals surface area contributed by atoms with Crippen molar-refractivity contribution < 1.29 is 14.0 Å². The average molecular weight is 555 g/mol. The summed E-state index contributed by atoms with van der Waals surface area (Å²) in [6.45, 7) is 0. The van der Waals surface area contributed by atoms with Crippen LogP contribution in [0.15, 0.2) is 0 Å². The Labute approximate surface area is 244 Å². The first-order chi connectivity index (χ1) is 19.6. The van der Waals surface area contributed by atoms with E-state index in [9.17, 15) is 9.59 Å². The molecule has 0 radical (unpaired) electrons. The Hall–Kier alpha value is -0.730. The van der Waals surface area contributed by atoms with Crippen LogP contribution >= 0.6 is 0 Å². The molecule has 0 aliphatic heterocycles. The Kier molecular flexibility index (Phi) is 9.74. The number of halogens is 1. The van der Waals surface area contributed by atoms with Crippen LogP contribution in [0.5, 0.6) is 0 Å². The summed E-state index contributed by atoms with van der Waals surface area (Å²) in [5.41, 5.74) is -1.19. The Morgan fingerprint density at radius 3 is 1.70 bits per heavy atom. The summed E-state index contributed by atoms with van der Waals surface area (Å²) in [6, 6.07) is 0. The van der Waals surface area contributed by atoms with Gasteiger partial charge >= 0.3 is 0 Å². The second-order valence-corrected chi connectivity index (χ2v) is 15.7. The molecule has 0 N–H and O–H groups in total.